The Morgan fingerprint density at radius 2 is 1.82 bits per heavy atom. The Labute approximate surface area is 101 Å². The van der Waals surface area contributed by atoms with Gasteiger partial charge in [-0.15, -0.1) is 0 Å². The highest BCUT2D eigenvalue weighted by atomic mass is 16.6. The number of carbonyl (C=O) groups is 2. The zero-order valence-electron chi connectivity index (χ0n) is 10.0. The molecule has 6 heteroatoms. The van der Waals surface area contributed by atoms with Crippen LogP contribution in [0.3, 0.4) is 0 Å². The lowest BCUT2D eigenvalue weighted by atomic mass is 10.2. The van der Waals surface area contributed by atoms with E-state index in [9.17, 15) is 9.59 Å². The molecular formula is C11H17N3O3. The molecule has 0 radical (unpaired) electrons. The maximum absolute atomic E-state index is 11.6. The van der Waals surface area contributed by atoms with Gasteiger partial charge in [-0.2, -0.15) is 5.26 Å². The third-order valence-corrected chi connectivity index (χ3v) is 2.61. The summed E-state index contributed by atoms with van der Waals surface area (Å²) >= 11 is 0. The van der Waals surface area contributed by atoms with E-state index in [4.69, 9.17) is 10.00 Å². The fourth-order valence-electron chi connectivity index (χ4n) is 1.67. The van der Waals surface area contributed by atoms with Crippen molar-refractivity contribution in [1.82, 2.24) is 9.80 Å². The minimum absolute atomic E-state index is 0.0185. The first kappa shape index (κ1) is 13.3. The third kappa shape index (κ3) is 3.94. The van der Waals surface area contributed by atoms with Gasteiger partial charge in [-0.1, -0.05) is 0 Å². The van der Waals surface area contributed by atoms with Gasteiger partial charge in [0.2, 0.25) is 5.91 Å². The van der Waals surface area contributed by atoms with Gasteiger partial charge in [-0.05, 0) is 6.92 Å². The molecule has 0 saturated carbocycles. The Morgan fingerprint density at radius 3 is 2.35 bits per heavy atom. The van der Waals surface area contributed by atoms with Crippen LogP contribution < -0.4 is 0 Å². The van der Waals surface area contributed by atoms with Crippen LogP contribution in [0, 0.1) is 11.3 Å². The van der Waals surface area contributed by atoms with Crippen LogP contribution in [-0.2, 0) is 9.53 Å². The number of hydrogen-bond acceptors (Lipinski definition) is 4. The van der Waals surface area contributed by atoms with Crippen LogP contribution in [0.15, 0.2) is 0 Å². The third-order valence-electron chi connectivity index (χ3n) is 2.61. The normalized spacial score (nSPS) is 15.3. The van der Waals surface area contributed by atoms with Crippen LogP contribution in [0.5, 0.6) is 0 Å². The lowest BCUT2D eigenvalue weighted by molar-refractivity contribution is -0.132. The van der Waals surface area contributed by atoms with E-state index >= 15 is 0 Å². The molecule has 17 heavy (non-hydrogen) atoms. The number of piperazine rings is 1. The minimum atomic E-state index is -0.323. The molecule has 0 N–H and O–H groups in total. The molecule has 1 rings (SSSR count). The van der Waals surface area contributed by atoms with Gasteiger partial charge in [0.25, 0.3) is 0 Å². The van der Waals surface area contributed by atoms with Gasteiger partial charge in [0.15, 0.2) is 0 Å². The van der Waals surface area contributed by atoms with Crippen molar-refractivity contribution in [1.29, 1.82) is 5.26 Å². The molecule has 1 aliphatic rings. The molecule has 0 aromatic rings. The molecule has 1 fully saturated rings. The number of hydrogen-bond donors (Lipinski definition) is 0. The van der Waals surface area contributed by atoms with Gasteiger partial charge >= 0.3 is 6.09 Å². The van der Waals surface area contributed by atoms with E-state index in [2.05, 4.69) is 0 Å². The molecule has 0 spiro atoms. The monoisotopic (exact) mass is 239 g/mol. The number of ether oxygens (including phenoxy) is 1. The zero-order valence-corrected chi connectivity index (χ0v) is 10.0. The highest BCUT2D eigenvalue weighted by Crippen LogP contribution is 2.06. The first-order valence-electron chi connectivity index (χ1n) is 5.75. The largest absolute Gasteiger partial charge is 0.450 e. The Kier molecular flexibility index (Phi) is 5.27. The van der Waals surface area contributed by atoms with Crippen LogP contribution in [0.4, 0.5) is 4.79 Å². The van der Waals surface area contributed by atoms with Crippen molar-refractivity contribution in [2.75, 3.05) is 32.8 Å². The number of amides is 2. The molecule has 0 aromatic carbocycles. The van der Waals surface area contributed by atoms with Gasteiger partial charge in [-0.3, -0.25) is 4.79 Å². The summed E-state index contributed by atoms with van der Waals surface area (Å²) in [5.74, 6) is -0.0185. The molecule has 6 nitrogen and oxygen atoms in total. The summed E-state index contributed by atoms with van der Waals surface area (Å²) in [5.41, 5.74) is 0. The Bertz CT molecular complexity index is 316. The summed E-state index contributed by atoms with van der Waals surface area (Å²) in [6.07, 6.45) is 0.184. The number of carbonyl (C=O) groups excluding carboxylic acids is 2. The number of nitriles is 1. The molecule has 0 bridgehead atoms. The summed E-state index contributed by atoms with van der Waals surface area (Å²) in [4.78, 5) is 26.3. The van der Waals surface area contributed by atoms with E-state index < -0.39 is 0 Å². The predicted molar refractivity (Wildman–Crippen MR) is 60.0 cm³/mol. The quantitative estimate of drug-likeness (QED) is 0.722. The highest BCUT2D eigenvalue weighted by molar-refractivity contribution is 5.77. The van der Waals surface area contributed by atoms with Crippen molar-refractivity contribution in [3.63, 3.8) is 0 Å². The van der Waals surface area contributed by atoms with Crippen LogP contribution in [-0.4, -0.2) is 54.6 Å². The molecule has 2 amide bonds. The second-order valence-electron chi connectivity index (χ2n) is 3.72. The summed E-state index contributed by atoms with van der Waals surface area (Å²) < 4.78 is 4.88. The fourth-order valence-corrected chi connectivity index (χ4v) is 1.67. The Balaban J connectivity index is 2.33. The molecular weight excluding hydrogens is 222 g/mol. The van der Waals surface area contributed by atoms with Gasteiger partial charge in [0.1, 0.15) is 0 Å². The molecule has 1 saturated heterocycles. The highest BCUT2D eigenvalue weighted by Gasteiger charge is 2.24. The predicted octanol–water partition coefficient (Wildman–Crippen LogP) is 0.591. The first-order chi connectivity index (χ1) is 8.19. The SMILES string of the molecule is CCOC(=O)N1CCN(C(=O)CCC#N)CC1. The summed E-state index contributed by atoms with van der Waals surface area (Å²) in [7, 11) is 0. The average Bonchev–Trinajstić information content (AvgIpc) is 2.36. The van der Waals surface area contributed by atoms with E-state index in [0.29, 0.717) is 32.8 Å². The summed E-state index contributed by atoms with van der Waals surface area (Å²) in [6, 6.07) is 1.95. The van der Waals surface area contributed by atoms with Crippen LogP contribution in [0.2, 0.25) is 0 Å². The lowest BCUT2D eigenvalue weighted by Crippen LogP contribution is -2.50. The van der Waals surface area contributed by atoms with Crippen LogP contribution in [0.25, 0.3) is 0 Å². The lowest BCUT2D eigenvalue weighted by Gasteiger charge is -2.34. The second kappa shape index (κ2) is 6.74. The molecule has 94 valence electrons. The van der Waals surface area contributed by atoms with Crippen molar-refractivity contribution >= 4 is 12.0 Å². The van der Waals surface area contributed by atoms with Crippen molar-refractivity contribution in [2.45, 2.75) is 19.8 Å². The van der Waals surface area contributed by atoms with Gasteiger partial charge in [0.05, 0.1) is 12.7 Å². The maximum Gasteiger partial charge on any atom is 0.409 e. The Hall–Kier alpha value is -1.77. The van der Waals surface area contributed by atoms with Crippen molar-refractivity contribution in [3.05, 3.63) is 0 Å². The second-order valence-corrected chi connectivity index (χ2v) is 3.72. The standard InChI is InChI=1S/C11H17N3O3/c1-2-17-11(16)14-8-6-13(7-9-14)10(15)4-3-5-12/h2-4,6-9H2,1H3. The number of nitrogens with zero attached hydrogens (tertiary/aromatic N) is 3. The van der Waals surface area contributed by atoms with E-state index in [1.807, 2.05) is 6.07 Å². The van der Waals surface area contributed by atoms with Gasteiger partial charge in [0, 0.05) is 39.0 Å². The minimum Gasteiger partial charge on any atom is -0.450 e. The average molecular weight is 239 g/mol. The maximum atomic E-state index is 11.6. The smallest absolute Gasteiger partial charge is 0.409 e. The molecule has 1 aliphatic heterocycles. The summed E-state index contributed by atoms with van der Waals surface area (Å²) in [5, 5.41) is 8.40. The first-order valence-corrected chi connectivity index (χ1v) is 5.75. The van der Waals surface area contributed by atoms with Crippen molar-refractivity contribution in [2.24, 2.45) is 0 Å². The van der Waals surface area contributed by atoms with E-state index in [1.54, 1.807) is 16.7 Å². The molecule has 1 heterocycles. The van der Waals surface area contributed by atoms with Gasteiger partial charge < -0.3 is 14.5 Å². The fraction of sp³-hybridized carbons (Fsp3) is 0.727. The van der Waals surface area contributed by atoms with Gasteiger partial charge in [-0.25, -0.2) is 4.79 Å². The molecule has 0 unspecified atom stereocenters. The molecule has 0 aromatic heterocycles. The van der Waals surface area contributed by atoms with Crippen molar-refractivity contribution < 1.29 is 14.3 Å². The van der Waals surface area contributed by atoms with E-state index in [-0.39, 0.29) is 24.8 Å². The summed E-state index contributed by atoms with van der Waals surface area (Å²) in [6.45, 7) is 4.15. The van der Waals surface area contributed by atoms with Crippen molar-refractivity contribution in [3.8, 4) is 6.07 Å². The zero-order chi connectivity index (χ0) is 12.7. The topological polar surface area (TPSA) is 73.6 Å². The Morgan fingerprint density at radius 1 is 1.24 bits per heavy atom. The van der Waals surface area contributed by atoms with Crippen LogP contribution in [0.1, 0.15) is 19.8 Å². The molecule has 0 atom stereocenters. The van der Waals surface area contributed by atoms with E-state index in [1.165, 1.54) is 0 Å². The molecule has 0 aliphatic carbocycles. The van der Waals surface area contributed by atoms with Crippen LogP contribution >= 0.6 is 0 Å². The number of rotatable bonds is 3. The van der Waals surface area contributed by atoms with E-state index in [0.717, 1.165) is 0 Å².